The van der Waals surface area contributed by atoms with Crippen LogP contribution in [0.3, 0.4) is 0 Å². The van der Waals surface area contributed by atoms with Crippen molar-refractivity contribution in [3.63, 3.8) is 0 Å². The van der Waals surface area contributed by atoms with Crippen LogP contribution in [-0.2, 0) is 0 Å². The van der Waals surface area contributed by atoms with Crippen LogP contribution in [-0.4, -0.2) is 74.7 Å². The van der Waals surface area contributed by atoms with Crippen molar-refractivity contribution in [2.45, 2.75) is 39.7 Å². The van der Waals surface area contributed by atoms with E-state index in [4.69, 9.17) is 4.99 Å². The van der Waals surface area contributed by atoms with Crippen molar-refractivity contribution >= 4 is 17.3 Å². The Balaban J connectivity index is 1.92. The van der Waals surface area contributed by atoms with E-state index in [0.717, 1.165) is 51.8 Å². The topological polar surface area (TPSA) is 42.9 Å². The Hall–Kier alpha value is -1.11. The summed E-state index contributed by atoms with van der Waals surface area (Å²) in [5.41, 5.74) is 0. The molecule has 2 rings (SSSR count). The van der Waals surface area contributed by atoms with E-state index in [2.05, 4.69) is 72.7 Å². The predicted octanol–water partition coefficient (Wildman–Crippen LogP) is 2.68. The first-order chi connectivity index (χ1) is 12.5. The number of likely N-dealkylation sites (N-methyl/N-ethyl adjacent to an activating group) is 1. The fourth-order valence-electron chi connectivity index (χ4n) is 3.35. The molecule has 0 amide bonds. The van der Waals surface area contributed by atoms with Gasteiger partial charge in [0.2, 0.25) is 0 Å². The Morgan fingerprint density at radius 2 is 1.92 bits per heavy atom. The van der Waals surface area contributed by atoms with Gasteiger partial charge in [-0.3, -0.25) is 9.89 Å². The molecule has 0 spiro atoms. The third kappa shape index (κ3) is 6.56. The average Bonchev–Trinajstić information content (AvgIpc) is 3.15. The molecule has 0 aliphatic carbocycles. The first-order valence-electron chi connectivity index (χ1n) is 9.99. The van der Waals surface area contributed by atoms with Crippen LogP contribution in [0.4, 0.5) is 0 Å². The van der Waals surface area contributed by atoms with Gasteiger partial charge < -0.3 is 15.5 Å². The summed E-state index contributed by atoms with van der Waals surface area (Å²) in [7, 11) is 2.21. The van der Waals surface area contributed by atoms with Gasteiger partial charge in [-0.2, -0.15) is 0 Å². The zero-order valence-electron chi connectivity index (χ0n) is 17.2. The molecule has 1 aliphatic rings. The molecule has 6 heteroatoms. The van der Waals surface area contributed by atoms with Crippen molar-refractivity contribution in [2.24, 2.45) is 10.9 Å². The monoisotopic (exact) mass is 379 g/mol. The Morgan fingerprint density at radius 3 is 2.50 bits per heavy atom. The zero-order valence-corrected chi connectivity index (χ0v) is 18.0. The highest BCUT2D eigenvalue weighted by Gasteiger charge is 2.24. The molecule has 1 aliphatic heterocycles. The summed E-state index contributed by atoms with van der Waals surface area (Å²) in [6.45, 7) is 16.3. The van der Waals surface area contributed by atoms with Gasteiger partial charge in [0, 0.05) is 56.1 Å². The molecule has 148 valence electrons. The summed E-state index contributed by atoms with van der Waals surface area (Å²) >= 11 is 1.83. The molecule has 0 aromatic carbocycles. The quantitative estimate of drug-likeness (QED) is 0.538. The van der Waals surface area contributed by atoms with Crippen molar-refractivity contribution in [3.8, 4) is 0 Å². The minimum absolute atomic E-state index is 0.498. The van der Waals surface area contributed by atoms with Crippen molar-refractivity contribution in [3.05, 3.63) is 22.4 Å². The number of hydrogen-bond acceptors (Lipinski definition) is 4. The van der Waals surface area contributed by atoms with Crippen LogP contribution in [0.15, 0.2) is 22.5 Å². The number of guanidine groups is 1. The molecule has 0 radical (unpaired) electrons. The number of nitrogens with one attached hydrogen (secondary N) is 2. The van der Waals surface area contributed by atoms with Crippen LogP contribution in [0.2, 0.25) is 0 Å². The lowest BCUT2D eigenvalue weighted by Gasteiger charge is -2.39. The number of thiophene rings is 1. The summed E-state index contributed by atoms with van der Waals surface area (Å²) in [6.07, 6.45) is 0. The third-order valence-electron chi connectivity index (χ3n) is 5.16. The van der Waals surface area contributed by atoms with E-state index in [1.54, 1.807) is 0 Å². The molecule has 26 heavy (non-hydrogen) atoms. The normalized spacial score (nSPS) is 19.5. The molecule has 1 saturated heterocycles. The minimum atomic E-state index is 0.498. The molecule has 2 N–H and O–H groups in total. The van der Waals surface area contributed by atoms with Crippen molar-refractivity contribution in [2.75, 3.05) is 52.9 Å². The molecular formula is C20H37N5S. The van der Waals surface area contributed by atoms with Gasteiger partial charge in [0.1, 0.15) is 0 Å². The lowest BCUT2D eigenvalue weighted by atomic mass is 10.0. The van der Waals surface area contributed by atoms with Crippen LogP contribution in [0.5, 0.6) is 0 Å². The van der Waals surface area contributed by atoms with Gasteiger partial charge in [0.25, 0.3) is 0 Å². The number of nitrogens with zero attached hydrogens (tertiary/aromatic N) is 3. The van der Waals surface area contributed by atoms with Gasteiger partial charge in [0.05, 0.1) is 6.54 Å². The largest absolute Gasteiger partial charge is 0.357 e. The van der Waals surface area contributed by atoms with E-state index in [0.29, 0.717) is 17.9 Å². The number of rotatable bonds is 8. The Morgan fingerprint density at radius 1 is 1.19 bits per heavy atom. The van der Waals surface area contributed by atoms with E-state index in [9.17, 15) is 0 Å². The van der Waals surface area contributed by atoms with Crippen molar-refractivity contribution < 1.29 is 0 Å². The number of piperazine rings is 1. The zero-order chi connectivity index (χ0) is 18.9. The first kappa shape index (κ1) is 21.2. The van der Waals surface area contributed by atoms with E-state index in [1.807, 2.05) is 11.3 Å². The fourth-order valence-corrected chi connectivity index (χ4v) is 4.14. The third-order valence-corrected chi connectivity index (χ3v) is 6.27. The molecule has 0 bridgehead atoms. The second-order valence-corrected chi connectivity index (χ2v) is 8.65. The molecule has 2 heterocycles. The lowest BCUT2D eigenvalue weighted by Crippen LogP contribution is -2.52. The second-order valence-electron chi connectivity index (χ2n) is 7.67. The first-order valence-corrected chi connectivity index (χ1v) is 10.9. The molecule has 2 unspecified atom stereocenters. The molecule has 1 fully saturated rings. The highest BCUT2D eigenvalue weighted by Crippen LogP contribution is 2.19. The smallest absolute Gasteiger partial charge is 0.191 e. The second kappa shape index (κ2) is 10.9. The van der Waals surface area contributed by atoms with E-state index < -0.39 is 0 Å². The maximum atomic E-state index is 4.93. The fraction of sp³-hybridized carbons (Fsp3) is 0.750. The van der Waals surface area contributed by atoms with Gasteiger partial charge in [-0.15, -0.1) is 11.3 Å². The van der Waals surface area contributed by atoms with Crippen LogP contribution in [0.25, 0.3) is 0 Å². The maximum Gasteiger partial charge on any atom is 0.191 e. The average molecular weight is 380 g/mol. The Bertz CT molecular complexity index is 520. The van der Waals surface area contributed by atoms with Gasteiger partial charge in [-0.25, -0.2) is 0 Å². The SMILES string of the molecule is CCNC(=NCC(C(C)C)N1CCN(C)CC1)NCC(C)c1cccs1. The van der Waals surface area contributed by atoms with E-state index >= 15 is 0 Å². The number of aliphatic imine (C=N–C) groups is 1. The molecular weight excluding hydrogens is 342 g/mol. The summed E-state index contributed by atoms with van der Waals surface area (Å²) in [5.74, 6) is 2.04. The summed E-state index contributed by atoms with van der Waals surface area (Å²) in [4.78, 5) is 11.4. The van der Waals surface area contributed by atoms with Crippen molar-refractivity contribution in [1.29, 1.82) is 0 Å². The molecule has 5 nitrogen and oxygen atoms in total. The lowest BCUT2D eigenvalue weighted by molar-refractivity contribution is 0.0925. The highest BCUT2D eigenvalue weighted by atomic mass is 32.1. The number of hydrogen-bond donors (Lipinski definition) is 2. The molecule has 1 aromatic rings. The van der Waals surface area contributed by atoms with Gasteiger partial charge in [-0.05, 0) is 31.3 Å². The van der Waals surface area contributed by atoms with Crippen LogP contribution < -0.4 is 10.6 Å². The predicted molar refractivity (Wildman–Crippen MR) is 114 cm³/mol. The van der Waals surface area contributed by atoms with E-state index in [1.165, 1.54) is 4.88 Å². The van der Waals surface area contributed by atoms with Crippen LogP contribution in [0, 0.1) is 5.92 Å². The summed E-state index contributed by atoms with van der Waals surface area (Å²) < 4.78 is 0. The summed E-state index contributed by atoms with van der Waals surface area (Å²) in [5, 5.41) is 9.08. The van der Waals surface area contributed by atoms with Crippen molar-refractivity contribution in [1.82, 2.24) is 20.4 Å². The van der Waals surface area contributed by atoms with Gasteiger partial charge in [-0.1, -0.05) is 26.8 Å². The van der Waals surface area contributed by atoms with E-state index in [-0.39, 0.29) is 0 Å². The standard InChI is InChI=1S/C20H37N5S/c1-6-21-20(22-14-17(4)19-8-7-13-26-19)23-15-18(16(2)3)25-11-9-24(5)10-12-25/h7-8,13,16-18H,6,9-12,14-15H2,1-5H3,(H2,21,22,23). The Kier molecular flexibility index (Phi) is 8.88. The highest BCUT2D eigenvalue weighted by molar-refractivity contribution is 7.10. The van der Waals surface area contributed by atoms with Crippen LogP contribution >= 0.6 is 11.3 Å². The molecule has 0 saturated carbocycles. The van der Waals surface area contributed by atoms with Crippen LogP contribution in [0.1, 0.15) is 38.5 Å². The maximum absolute atomic E-state index is 4.93. The summed E-state index contributed by atoms with van der Waals surface area (Å²) in [6, 6.07) is 4.84. The van der Waals surface area contributed by atoms with Gasteiger partial charge >= 0.3 is 0 Å². The minimum Gasteiger partial charge on any atom is -0.357 e. The van der Waals surface area contributed by atoms with Gasteiger partial charge in [0.15, 0.2) is 5.96 Å². The molecule has 1 aromatic heterocycles. The Labute approximate surface area is 163 Å². The molecule has 2 atom stereocenters.